The molecule has 2 heterocycles. The van der Waals surface area contributed by atoms with Crippen molar-refractivity contribution in [1.82, 2.24) is 20.2 Å². The molecule has 0 amide bonds. The summed E-state index contributed by atoms with van der Waals surface area (Å²) in [5, 5.41) is 12.8. The highest BCUT2D eigenvalue weighted by Gasteiger charge is 2.48. The number of rotatable bonds is 5. The molecule has 1 aliphatic carbocycles. The molecule has 28 heavy (non-hydrogen) atoms. The summed E-state index contributed by atoms with van der Waals surface area (Å²) in [5.74, 6) is 0.612. The number of hydrogen-bond donors (Lipinski definition) is 1. The molecule has 150 valence electrons. The van der Waals surface area contributed by atoms with Crippen molar-refractivity contribution in [2.24, 2.45) is 0 Å². The third-order valence-electron chi connectivity index (χ3n) is 6.00. The Labute approximate surface area is 164 Å². The van der Waals surface area contributed by atoms with Gasteiger partial charge in [-0.3, -0.25) is 0 Å². The first-order chi connectivity index (χ1) is 13.7. The summed E-state index contributed by atoms with van der Waals surface area (Å²) in [5.41, 5.74) is 1.32. The Morgan fingerprint density at radius 1 is 1.18 bits per heavy atom. The average molecular weight is 386 g/mol. The number of carbonyl (C=O) groups excluding carboxylic acids is 1. The molecule has 1 aromatic heterocycles. The minimum atomic E-state index is -0.312. The molecule has 0 bridgehead atoms. The molecule has 0 unspecified atom stereocenters. The fourth-order valence-electron chi connectivity index (χ4n) is 4.60. The van der Waals surface area contributed by atoms with Crippen LogP contribution in [0.25, 0.3) is 5.69 Å². The van der Waals surface area contributed by atoms with E-state index in [-0.39, 0.29) is 11.5 Å². The normalized spacial score (nSPS) is 20.0. The number of benzene rings is 1. The van der Waals surface area contributed by atoms with Gasteiger partial charge in [0, 0.05) is 12.8 Å². The zero-order valence-electron chi connectivity index (χ0n) is 16.4. The van der Waals surface area contributed by atoms with Gasteiger partial charge in [0.15, 0.2) is 5.54 Å². The van der Waals surface area contributed by atoms with Crippen molar-refractivity contribution in [1.29, 1.82) is 0 Å². The summed E-state index contributed by atoms with van der Waals surface area (Å²) in [6.07, 6.45) is 5.83. The lowest BCUT2D eigenvalue weighted by Gasteiger charge is -2.43. The van der Waals surface area contributed by atoms with Crippen LogP contribution >= 0.6 is 0 Å². The largest absolute Gasteiger partial charge is 0.462 e. The van der Waals surface area contributed by atoms with Gasteiger partial charge in [-0.2, -0.15) is 4.68 Å². The number of esters is 1. The number of ether oxygens (including phenoxy) is 2. The number of morpholine rings is 1. The molecule has 2 aliphatic rings. The molecule has 1 N–H and O–H groups in total. The molecule has 0 atom stereocenters. The maximum absolute atomic E-state index is 11.9. The number of aromatic nitrogens is 4. The Bertz CT molecular complexity index is 792. The third kappa shape index (κ3) is 3.54. The predicted octanol–water partition coefficient (Wildman–Crippen LogP) is 0.914. The van der Waals surface area contributed by atoms with Crippen LogP contribution in [0.3, 0.4) is 0 Å². The molecule has 2 fully saturated rings. The van der Waals surface area contributed by atoms with Gasteiger partial charge < -0.3 is 14.4 Å². The fourth-order valence-corrected chi connectivity index (χ4v) is 4.60. The van der Waals surface area contributed by atoms with Crippen LogP contribution < -0.4 is 4.90 Å². The van der Waals surface area contributed by atoms with Gasteiger partial charge in [0.1, 0.15) is 13.1 Å². The van der Waals surface area contributed by atoms with Crippen molar-refractivity contribution in [3.63, 3.8) is 0 Å². The number of nitrogens with one attached hydrogen (secondary N) is 1. The van der Waals surface area contributed by atoms with Crippen LogP contribution in [0, 0.1) is 0 Å². The van der Waals surface area contributed by atoms with Crippen molar-refractivity contribution in [2.45, 2.75) is 44.6 Å². The molecule has 0 spiro atoms. The van der Waals surface area contributed by atoms with Gasteiger partial charge in [-0.1, -0.05) is 6.42 Å². The second kappa shape index (κ2) is 8.36. The summed E-state index contributed by atoms with van der Waals surface area (Å²) in [6.45, 7) is 5.70. The first kappa shape index (κ1) is 19.0. The Kier molecular flexibility index (Phi) is 5.68. The topological polar surface area (TPSA) is 83.6 Å². The van der Waals surface area contributed by atoms with Crippen molar-refractivity contribution in [3.05, 3.63) is 35.7 Å². The second-order valence-electron chi connectivity index (χ2n) is 7.54. The quantitative estimate of drug-likeness (QED) is 0.769. The zero-order chi connectivity index (χ0) is 19.4. The lowest BCUT2D eigenvalue weighted by atomic mass is 9.79. The molecule has 1 saturated heterocycles. The van der Waals surface area contributed by atoms with E-state index in [2.05, 4.69) is 15.5 Å². The minimum Gasteiger partial charge on any atom is -0.462 e. The first-order valence-electron chi connectivity index (χ1n) is 10.2. The van der Waals surface area contributed by atoms with Gasteiger partial charge in [0.25, 0.3) is 0 Å². The van der Waals surface area contributed by atoms with Gasteiger partial charge in [-0.15, -0.1) is 5.10 Å². The van der Waals surface area contributed by atoms with Gasteiger partial charge in [0.2, 0.25) is 5.82 Å². The molecular weight excluding hydrogens is 358 g/mol. The van der Waals surface area contributed by atoms with Crippen LogP contribution in [0.1, 0.15) is 55.2 Å². The molecule has 8 nitrogen and oxygen atoms in total. The summed E-state index contributed by atoms with van der Waals surface area (Å²) >= 11 is 0. The lowest BCUT2D eigenvalue weighted by molar-refractivity contribution is -0.970. The van der Waals surface area contributed by atoms with E-state index in [9.17, 15) is 4.79 Å². The summed E-state index contributed by atoms with van der Waals surface area (Å²) in [7, 11) is 0. The molecule has 4 rings (SSSR count). The van der Waals surface area contributed by atoms with Crippen LogP contribution in [-0.2, 0) is 15.0 Å². The predicted molar refractivity (Wildman–Crippen MR) is 101 cm³/mol. The SMILES string of the molecule is CCOC(=O)c1ccc(-n2nnnc2C2([NH+]3CCOCC3)CCCCC2)cc1. The summed E-state index contributed by atoms with van der Waals surface area (Å²) < 4.78 is 12.5. The van der Waals surface area contributed by atoms with E-state index in [1.165, 1.54) is 24.2 Å². The molecule has 1 aliphatic heterocycles. The minimum absolute atomic E-state index is 0.0780. The molecule has 1 saturated carbocycles. The van der Waals surface area contributed by atoms with Crippen molar-refractivity contribution in [2.75, 3.05) is 32.9 Å². The summed E-state index contributed by atoms with van der Waals surface area (Å²) in [4.78, 5) is 13.5. The second-order valence-corrected chi connectivity index (χ2v) is 7.54. The molecule has 8 heteroatoms. The zero-order valence-corrected chi connectivity index (χ0v) is 16.4. The molecular formula is C20H28N5O3+. The van der Waals surface area contributed by atoms with Gasteiger partial charge in [-0.05, 0) is 54.5 Å². The first-order valence-corrected chi connectivity index (χ1v) is 10.2. The molecule has 0 radical (unpaired) electrons. The highest BCUT2D eigenvalue weighted by Crippen LogP contribution is 2.34. The van der Waals surface area contributed by atoms with E-state index in [4.69, 9.17) is 9.47 Å². The summed E-state index contributed by atoms with van der Waals surface area (Å²) in [6, 6.07) is 7.32. The third-order valence-corrected chi connectivity index (χ3v) is 6.00. The number of nitrogens with zero attached hydrogens (tertiary/aromatic N) is 4. The maximum Gasteiger partial charge on any atom is 0.338 e. The van der Waals surface area contributed by atoms with E-state index in [0.29, 0.717) is 12.2 Å². The number of carbonyl (C=O) groups is 1. The fraction of sp³-hybridized carbons (Fsp3) is 0.600. The standard InChI is InChI=1S/C20H27N5O3/c1-2-28-18(26)16-6-8-17(9-7-16)25-19(21-22-23-25)20(10-4-3-5-11-20)24-12-14-27-15-13-24/h6-9H,2-5,10-15H2,1H3/p+1. The highest BCUT2D eigenvalue weighted by molar-refractivity contribution is 5.89. The maximum atomic E-state index is 11.9. The molecule has 2 aromatic rings. The van der Waals surface area contributed by atoms with Crippen LogP contribution in [0.5, 0.6) is 0 Å². The van der Waals surface area contributed by atoms with E-state index in [1.54, 1.807) is 19.1 Å². The van der Waals surface area contributed by atoms with Gasteiger partial charge in [-0.25, -0.2) is 4.79 Å². The Morgan fingerprint density at radius 2 is 1.89 bits per heavy atom. The van der Waals surface area contributed by atoms with E-state index in [0.717, 1.165) is 50.7 Å². The number of hydrogen-bond acceptors (Lipinski definition) is 6. The Morgan fingerprint density at radius 3 is 2.57 bits per heavy atom. The van der Waals surface area contributed by atoms with Gasteiger partial charge >= 0.3 is 5.97 Å². The van der Waals surface area contributed by atoms with Gasteiger partial charge in [0.05, 0.1) is 31.1 Å². The van der Waals surface area contributed by atoms with E-state index < -0.39 is 0 Å². The number of tetrazole rings is 1. The Hall–Kier alpha value is -2.32. The molecule has 1 aromatic carbocycles. The van der Waals surface area contributed by atoms with E-state index >= 15 is 0 Å². The van der Waals surface area contributed by atoms with Crippen LogP contribution in [0.4, 0.5) is 0 Å². The van der Waals surface area contributed by atoms with Crippen LogP contribution in [0.15, 0.2) is 24.3 Å². The van der Waals surface area contributed by atoms with Crippen molar-refractivity contribution < 1.29 is 19.2 Å². The van der Waals surface area contributed by atoms with Crippen LogP contribution in [0.2, 0.25) is 0 Å². The van der Waals surface area contributed by atoms with Crippen LogP contribution in [-0.4, -0.2) is 59.1 Å². The monoisotopic (exact) mass is 386 g/mol. The number of quaternary nitrogens is 1. The lowest BCUT2D eigenvalue weighted by Crippen LogP contribution is -3.20. The Balaban J connectivity index is 1.67. The average Bonchev–Trinajstić information content (AvgIpc) is 3.26. The van der Waals surface area contributed by atoms with Crippen molar-refractivity contribution >= 4 is 5.97 Å². The van der Waals surface area contributed by atoms with Crippen molar-refractivity contribution in [3.8, 4) is 5.69 Å². The smallest absolute Gasteiger partial charge is 0.338 e. The van der Waals surface area contributed by atoms with E-state index in [1.807, 2.05) is 16.8 Å². The highest BCUT2D eigenvalue weighted by atomic mass is 16.5.